The van der Waals surface area contributed by atoms with E-state index in [1.165, 1.54) is 0 Å². The molecular formula is C18H17F3N2O3. The van der Waals surface area contributed by atoms with E-state index in [4.69, 9.17) is 4.74 Å². The highest BCUT2D eigenvalue weighted by molar-refractivity contribution is 5.95. The van der Waals surface area contributed by atoms with Crippen molar-refractivity contribution in [3.8, 4) is 5.75 Å². The number of alkyl halides is 3. The first-order valence-corrected chi connectivity index (χ1v) is 7.77. The predicted molar refractivity (Wildman–Crippen MR) is 88.4 cm³/mol. The first kappa shape index (κ1) is 19.3. The SMILES string of the molecule is CCc1ccc(C(=O)NNC(=O)COc2ccc(C(F)(F)F)cc2)cc1. The molecule has 0 aliphatic rings. The molecule has 0 aromatic heterocycles. The summed E-state index contributed by atoms with van der Waals surface area (Å²) >= 11 is 0. The van der Waals surface area contributed by atoms with Crippen molar-refractivity contribution in [1.29, 1.82) is 0 Å². The van der Waals surface area contributed by atoms with E-state index in [-0.39, 0.29) is 5.75 Å². The van der Waals surface area contributed by atoms with E-state index >= 15 is 0 Å². The summed E-state index contributed by atoms with van der Waals surface area (Å²) in [7, 11) is 0. The van der Waals surface area contributed by atoms with Crippen LogP contribution in [0.3, 0.4) is 0 Å². The Hall–Kier alpha value is -3.03. The normalized spacial score (nSPS) is 10.9. The Kier molecular flexibility index (Phi) is 6.21. The van der Waals surface area contributed by atoms with Gasteiger partial charge in [0.2, 0.25) is 0 Å². The first-order chi connectivity index (χ1) is 12.3. The van der Waals surface area contributed by atoms with Crippen molar-refractivity contribution in [2.45, 2.75) is 19.5 Å². The highest BCUT2D eigenvalue weighted by Crippen LogP contribution is 2.30. The fourth-order valence-corrected chi connectivity index (χ4v) is 2.02. The van der Waals surface area contributed by atoms with Crippen molar-refractivity contribution < 1.29 is 27.5 Å². The molecule has 0 saturated carbocycles. The molecule has 2 aromatic rings. The zero-order valence-electron chi connectivity index (χ0n) is 13.9. The van der Waals surface area contributed by atoms with Crippen LogP contribution in [-0.4, -0.2) is 18.4 Å². The molecule has 0 spiro atoms. The number of hydrogen-bond donors (Lipinski definition) is 2. The molecule has 0 atom stereocenters. The Balaban J connectivity index is 1.78. The van der Waals surface area contributed by atoms with Gasteiger partial charge in [-0.2, -0.15) is 13.2 Å². The molecule has 138 valence electrons. The van der Waals surface area contributed by atoms with Gasteiger partial charge in [-0.15, -0.1) is 0 Å². The van der Waals surface area contributed by atoms with Crippen LogP contribution in [0.1, 0.15) is 28.4 Å². The van der Waals surface area contributed by atoms with Crippen LogP contribution in [0.2, 0.25) is 0 Å². The number of hydrazine groups is 1. The van der Waals surface area contributed by atoms with Gasteiger partial charge in [0.1, 0.15) is 5.75 Å². The predicted octanol–water partition coefficient (Wildman–Crippen LogP) is 3.11. The van der Waals surface area contributed by atoms with Gasteiger partial charge in [-0.1, -0.05) is 19.1 Å². The maximum atomic E-state index is 12.4. The number of carbonyl (C=O) groups is 2. The van der Waals surface area contributed by atoms with Gasteiger partial charge in [-0.3, -0.25) is 20.4 Å². The number of aryl methyl sites for hydroxylation is 1. The molecule has 8 heteroatoms. The highest BCUT2D eigenvalue weighted by atomic mass is 19.4. The molecule has 2 N–H and O–H groups in total. The third kappa shape index (κ3) is 5.51. The Morgan fingerprint density at radius 2 is 1.58 bits per heavy atom. The minimum atomic E-state index is -4.44. The molecular weight excluding hydrogens is 349 g/mol. The van der Waals surface area contributed by atoms with Crippen molar-refractivity contribution in [3.05, 3.63) is 65.2 Å². The quantitative estimate of drug-likeness (QED) is 0.799. The van der Waals surface area contributed by atoms with Gasteiger partial charge in [-0.05, 0) is 48.4 Å². The van der Waals surface area contributed by atoms with Crippen molar-refractivity contribution in [1.82, 2.24) is 10.9 Å². The first-order valence-electron chi connectivity index (χ1n) is 7.77. The van der Waals surface area contributed by atoms with Crippen molar-refractivity contribution in [2.24, 2.45) is 0 Å². The van der Waals surface area contributed by atoms with Gasteiger partial charge in [0.05, 0.1) is 5.56 Å². The summed E-state index contributed by atoms with van der Waals surface area (Å²) < 4.78 is 42.4. The molecule has 2 aromatic carbocycles. The molecule has 0 heterocycles. The molecule has 0 bridgehead atoms. The third-order valence-electron chi connectivity index (χ3n) is 3.49. The van der Waals surface area contributed by atoms with E-state index in [0.29, 0.717) is 5.56 Å². The maximum Gasteiger partial charge on any atom is 0.416 e. The van der Waals surface area contributed by atoms with E-state index in [9.17, 15) is 22.8 Å². The Morgan fingerprint density at radius 1 is 0.962 bits per heavy atom. The lowest BCUT2D eigenvalue weighted by Gasteiger charge is -2.10. The summed E-state index contributed by atoms with van der Waals surface area (Å²) in [6, 6.07) is 10.8. The van der Waals surface area contributed by atoms with Crippen molar-refractivity contribution in [3.63, 3.8) is 0 Å². The fraction of sp³-hybridized carbons (Fsp3) is 0.222. The van der Waals surface area contributed by atoms with Crippen LogP contribution in [0.15, 0.2) is 48.5 Å². The van der Waals surface area contributed by atoms with Gasteiger partial charge in [0.25, 0.3) is 11.8 Å². The van der Waals surface area contributed by atoms with Crippen LogP contribution in [0.25, 0.3) is 0 Å². The summed E-state index contributed by atoms with van der Waals surface area (Å²) in [5, 5.41) is 0. The number of rotatable bonds is 5. The van der Waals surface area contributed by atoms with Gasteiger partial charge in [0.15, 0.2) is 6.61 Å². The molecule has 0 unspecified atom stereocenters. The summed E-state index contributed by atoms with van der Waals surface area (Å²) in [4.78, 5) is 23.5. The molecule has 0 aliphatic carbocycles. The van der Waals surface area contributed by atoms with Crippen LogP contribution in [-0.2, 0) is 17.4 Å². The van der Waals surface area contributed by atoms with Gasteiger partial charge >= 0.3 is 6.18 Å². The zero-order chi connectivity index (χ0) is 19.2. The van der Waals surface area contributed by atoms with Gasteiger partial charge < -0.3 is 4.74 Å². The summed E-state index contributed by atoms with van der Waals surface area (Å²) in [6.45, 7) is 1.53. The number of hydrogen-bond acceptors (Lipinski definition) is 3. The molecule has 0 aliphatic heterocycles. The minimum Gasteiger partial charge on any atom is -0.484 e. The van der Waals surface area contributed by atoms with E-state index in [2.05, 4.69) is 10.9 Å². The van der Waals surface area contributed by atoms with Crippen molar-refractivity contribution in [2.75, 3.05) is 6.61 Å². The highest BCUT2D eigenvalue weighted by Gasteiger charge is 2.30. The maximum absolute atomic E-state index is 12.4. The molecule has 0 radical (unpaired) electrons. The van der Waals surface area contributed by atoms with E-state index < -0.39 is 30.2 Å². The lowest BCUT2D eigenvalue weighted by Crippen LogP contribution is -2.43. The zero-order valence-corrected chi connectivity index (χ0v) is 13.9. The largest absolute Gasteiger partial charge is 0.484 e. The fourth-order valence-electron chi connectivity index (χ4n) is 2.02. The average molecular weight is 366 g/mol. The summed E-state index contributed by atoms with van der Waals surface area (Å²) in [5.41, 5.74) is 5.06. The van der Waals surface area contributed by atoms with Gasteiger partial charge in [-0.25, -0.2) is 0 Å². The van der Waals surface area contributed by atoms with Gasteiger partial charge in [0, 0.05) is 5.56 Å². The number of ether oxygens (including phenoxy) is 1. The van der Waals surface area contributed by atoms with Crippen molar-refractivity contribution >= 4 is 11.8 Å². The molecule has 2 amide bonds. The number of amides is 2. The minimum absolute atomic E-state index is 0.106. The van der Waals surface area contributed by atoms with E-state index in [0.717, 1.165) is 36.2 Å². The Bertz CT molecular complexity index is 757. The van der Waals surface area contributed by atoms with Crippen LogP contribution >= 0.6 is 0 Å². The Labute approximate surface area is 148 Å². The second-order valence-electron chi connectivity index (χ2n) is 5.36. The molecule has 0 saturated heterocycles. The average Bonchev–Trinajstić information content (AvgIpc) is 2.64. The van der Waals surface area contributed by atoms with E-state index in [1.54, 1.807) is 12.1 Å². The topological polar surface area (TPSA) is 67.4 Å². The van der Waals surface area contributed by atoms with Crippen LogP contribution in [0, 0.1) is 0 Å². The number of carbonyl (C=O) groups excluding carboxylic acids is 2. The number of benzene rings is 2. The smallest absolute Gasteiger partial charge is 0.416 e. The number of nitrogens with one attached hydrogen (secondary N) is 2. The Morgan fingerprint density at radius 3 is 2.12 bits per heavy atom. The van der Waals surface area contributed by atoms with Crippen LogP contribution < -0.4 is 15.6 Å². The molecule has 0 fully saturated rings. The summed E-state index contributed by atoms with van der Waals surface area (Å²) in [6.07, 6.45) is -3.59. The molecule has 26 heavy (non-hydrogen) atoms. The van der Waals surface area contributed by atoms with E-state index in [1.807, 2.05) is 19.1 Å². The summed E-state index contributed by atoms with van der Waals surface area (Å²) in [5.74, 6) is -1.03. The standard InChI is InChI=1S/C18H17F3N2O3/c1-2-12-3-5-13(6-4-12)17(25)23-22-16(24)11-26-15-9-7-14(8-10-15)18(19,20)21/h3-10H,2,11H2,1H3,(H,22,24)(H,23,25). The van der Waals surface area contributed by atoms with Crippen LogP contribution in [0.5, 0.6) is 5.75 Å². The number of halogens is 3. The van der Waals surface area contributed by atoms with Crippen LogP contribution in [0.4, 0.5) is 13.2 Å². The molecule has 5 nitrogen and oxygen atoms in total. The second-order valence-corrected chi connectivity index (χ2v) is 5.36. The second kappa shape index (κ2) is 8.37. The monoisotopic (exact) mass is 366 g/mol. The molecule has 2 rings (SSSR count). The third-order valence-corrected chi connectivity index (χ3v) is 3.49. The lowest BCUT2D eigenvalue weighted by molar-refractivity contribution is -0.137. The lowest BCUT2D eigenvalue weighted by atomic mass is 10.1.